The van der Waals surface area contributed by atoms with Crippen molar-refractivity contribution in [1.29, 1.82) is 0 Å². The van der Waals surface area contributed by atoms with Gasteiger partial charge < -0.3 is 15.4 Å². The van der Waals surface area contributed by atoms with Crippen molar-refractivity contribution in [2.45, 2.75) is 19.4 Å². The summed E-state index contributed by atoms with van der Waals surface area (Å²) in [5.74, 6) is -0.00981. The van der Waals surface area contributed by atoms with Crippen molar-refractivity contribution in [3.8, 4) is 0 Å². The number of hydrogen-bond acceptors (Lipinski definition) is 4. The molecular formula is C12H24ClN3O2. The first kappa shape index (κ1) is 15.7. The number of morpholine rings is 1. The van der Waals surface area contributed by atoms with Gasteiger partial charge in [-0.3, -0.25) is 9.69 Å². The number of nitrogens with one attached hydrogen (secondary N) is 2. The van der Waals surface area contributed by atoms with Crippen molar-refractivity contribution in [1.82, 2.24) is 15.5 Å². The van der Waals surface area contributed by atoms with Gasteiger partial charge in [0.15, 0.2) is 0 Å². The maximum Gasteiger partial charge on any atom is 0.250 e. The summed E-state index contributed by atoms with van der Waals surface area (Å²) in [7, 11) is 1.66. The van der Waals surface area contributed by atoms with E-state index in [1.807, 2.05) is 0 Å². The third-order valence-corrected chi connectivity index (χ3v) is 3.75. The van der Waals surface area contributed by atoms with Gasteiger partial charge in [-0.25, -0.2) is 0 Å². The lowest BCUT2D eigenvalue weighted by molar-refractivity contribution is -0.138. The second kappa shape index (κ2) is 6.70. The van der Waals surface area contributed by atoms with Gasteiger partial charge in [0.25, 0.3) is 0 Å². The van der Waals surface area contributed by atoms with E-state index in [1.54, 1.807) is 7.05 Å². The van der Waals surface area contributed by atoms with E-state index in [9.17, 15) is 4.79 Å². The molecule has 2 unspecified atom stereocenters. The van der Waals surface area contributed by atoms with Crippen LogP contribution in [0.4, 0.5) is 0 Å². The first-order valence-electron chi connectivity index (χ1n) is 6.39. The minimum atomic E-state index is -0.299. The van der Waals surface area contributed by atoms with E-state index in [4.69, 9.17) is 4.74 Å². The summed E-state index contributed by atoms with van der Waals surface area (Å²) in [6, 6.07) is 0. The Hall–Kier alpha value is -0.360. The van der Waals surface area contributed by atoms with Gasteiger partial charge in [0, 0.05) is 33.2 Å². The largest absolute Gasteiger partial charge is 0.366 e. The highest BCUT2D eigenvalue weighted by Crippen LogP contribution is 2.26. The molecule has 2 aliphatic rings. The van der Waals surface area contributed by atoms with Crippen LogP contribution in [0.5, 0.6) is 0 Å². The molecule has 0 saturated carbocycles. The lowest BCUT2D eigenvalue weighted by Crippen LogP contribution is -2.51. The van der Waals surface area contributed by atoms with Crippen LogP contribution in [0, 0.1) is 5.41 Å². The van der Waals surface area contributed by atoms with Gasteiger partial charge in [0.05, 0.1) is 6.61 Å². The molecule has 2 atom stereocenters. The van der Waals surface area contributed by atoms with Gasteiger partial charge in [-0.1, -0.05) is 6.92 Å². The highest BCUT2D eigenvalue weighted by atomic mass is 35.5. The van der Waals surface area contributed by atoms with Crippen molar-refractivity contribution in [3.05, 3.63) is 0 Å². The summed E-state index contributed by atoms with van der Waals surface area (Å²) in [4.78, 5) is 13.9. The molecule has 0 aromatic carbocycles. The van der Waals surface area contributed by atoms with Gasteiger partial charge in [0.1, 0.15) is 6.10 Å². The Morgan fingerprint density at radius 1 is 1.61 bits per heavy atom. The number of carbonyl (C=O) groups is 1. The van der Waals surface area contributed by atoms with Crippen molar-refractivity contribution < 1.29 is 9.53 Å². The van der Waals surface area contributed by atoms with Crippen LogP contribution in [0.2, 0.25) is 0 Å². The molecule has 2 rings (SSSR count). The van der Waals surface area contributed by atoms with E-state index in [1.165, 1.54) is 6.42 Å². The van der Waals surface area contributed by atoms with E-state index in [-0.39, 0.29) is 24.4 Å². The van der Waals surface area contributed by atoms with Gasteiger partial charge in [-0.05, 0) is 18.4 Å². The van der Waals surface area contributed by atoms with Crippen LogP contribution in [0.15, 0.2) is 0 Å². The molecule has 0 aliphatic carbocycles. The molecule has 1 amide bonds. The first-order chi connectivity index (χ1) is 8.13. The maximum atomic E-state index is 11.6. The molecule has 2 N–H and O–H groups in total. The van der Waals surface area contributed by atoms with E-state index < -0.39 is 0 Å². The quantitative estimate of drug-likeness (QED) is 0.754. The van der Waals surface area contributed by atoms with Crippen LogP contribution in [0.25, 0.3) is 0 Å². The Bertz CT molecular complexity index is 282. The Kier molecular flexibility index (Phi) is 5.85. The number of halogens is 1. The monoisotopic (exact) mass is 277 g/mol. The van der Waals surface area contributed by atoms with Crippen molar-refractivity contribution in [2.24, 2.45) is 5.41 Å². The number of rotatable bonds is 3. The normalized spacial score (nSPS) is 32.9. The Balaban J connectivity index is 0.00000162. The molecule has 0 spiro atoms. The standard InChI is InChI=1S/C12H23N3O2.ClH/c1-12(3-4-14-8-12)9-15-5-6-17-10(7-15)11(16)13-2;/h10,14H,3-9H2,1-2H3,(H,13,16);1H. The summed E-state index contributed by atoms with van der Waals surface area (Å²) in [5, 5.41) is 6.07. The summed E-state index contributed by atoms with van der Waals surface area (Å²) >= 11 is 0. The van der Waals surface area contributed by atoms with Gasteiger partial charge in [-0.2, -0.15) is 0 Å². The van der Waals surface area contributed by atoms with Crippen molar-refractivity contribution in [3.63, 3.8) is 0 Å². The lowest BCUT2D eigenvalue weighted by atomic mass is 9.89. The van der Waals surface area contributed by atoms with Gasteiger partial charge in [-0.15, -0.1) is 12.4 Å². The first-order valence-corrected chi connectivity index (χ1v) is 6.39. The van der Waals surface area contributed by atoms with Crippen LogP contribution in [0.3, 0.4) is 0 Å². The molecule has 0 bridgehead atoms. The zero-order valence-corrected chi connectivity index (χ0v) is 12.0. The molecule has 0 radical (unpaired) electrons. The number of ether oxygens (including phenoxy) is 1. The SMILES string of the molecule is CNC(=O)C1CN(CC2(C)CCNC2)CCO1.Cl. The molecule has 0 aromatic rings. The van der Waals surface area contributed by atoms with E-state index >= 15 is 0 Å². The fourth-order valence-corrected chi connectivity index (χ4v) is 2.71. The second-order valence-electron chi connectivity index (χ2n) is 5.45. The molecule has 2 heterocycles. The molecule has 18 heavy (non-hydrogen) atoms. The number of amides is 1. The maximum absolute atomic E-state index is 11.6. The molecule has 2 saturated heterocycles. The summed E-state index contributed by atoms with van der Waals surface area (Å²) < 4.78 is 5.49. The zero-order valence-electron chi connectivity index (χ0n) is 11.2. The van der Waals surface area contributed by atoms with Crippen LogP contribution in [-0.4, -0.2) is 63.3 Å². The minimum absolute atomic E-state index is 0. The average Bonchev–Trinajstić information content (AvgIpc) is 2.75. The van der Waals surface area contributed by atoms with Crippen LogP contribution >= 0.6 is 12.4 Å². The molecule has 2 fully saturated rings. The Labute approximate surface area is 115 Å². The van der Waals surface area contributed by atoms with Gasteiger partial charge in [0.2, 0.25) is 5.91 Å². The van der Waals surface area contributed by atoms with E-state index in [2.05, 4.69) is 22.5 Å². The molecular weight excluding hydrogens is 254 g/mol. The summed E-state index contributed by atoms with van der Waals surface area (Å²) in [6.45, 7) is 7.86. The molecule has 2 aliphatic heterocycles. The number of nitrogens with zero attached hydrogens (tertiary/aromatic N) is 1. The number of hydrogen-bond donors (Lipinski definition) is 2. The highest BCUT2D eigenvalue weighted by molar-refractivity contribution is 5.85. The van der Waals surface area contributed by atoms with Crippen molar-refractivity contribution >= 4 is 18.3 Å². The predicted molar refractivity (Wildman–Crippen MR) is 73.1 cm³/mol. The minimum Gasteiger partial charge on any atom is -0.366 e. The second-order valence-corrected chi connectivity index (χ2v) is 5.45. The molecule has 6 heteroatoms. The van der Waals surface area contributed by atoms with Crippen LogP contribution in [0.1, 0.15) is 13.3 Å². The third-order valence-electron chi connectivity index (χ3n) is 3.75. The van der Waals surface area contributed by atoms with E-state index in [0.717, 1.165) is 32.7 Å². The average molecular weight is 278 g/mol. The number of carbonyl (C=O) groups excluding carboxylic acids is 1. The Morgan fingerprint density at radius 3 is 3.00 bits per heavy atom. The summed E-state index contributed by atoms with van der Waals surface area (Å²) in [6.07, 6.45) is 0.918. The van der Waals surface area contributed by atoms with E-state index in [0.29, 0.717) is 12.0 Å². The Morgan fingerprint density at radius 2 is 2.39 bits per heavy atom. The van der Waals surface area contributed by atoms with Crippen LogP contribution < -0.4 is 10.6 Å². The van der Waals surface area contributed by atoms with Crippen molar-refractivity contribution in [2.75, 3.05) is 46.4 Å². The fraction of sp³-hybridized carbons (Fsp3) is 0.917. The molecule has 0 aromatic heterocycles. The molecule has 5 nitrogen and oxygen atoms in total. The molecule has 106 valence electrons. The topological polar surface area (TPSA) is 53.6 Å². The summed E-state index contributed by atoms with van der Waals surface area (Å²) in [5.41, 5.74) is 0.352. The fourth-order valence-electron chi connectivity index (χ4n) is 2.71. The smallest absolute Gasteiger partial charge is 0.250 e. The number of likely N-dealkylation sites (N-methyl/N-ethyl adjacent to an activating group) is 1. The van der Waals surface area contributed by atoms with Crippen LogP contribution in [-0.2, 0) is 9.53 Å². The third kappa shape index (κ3) is 3.82. The highest BCUT2D eigenvalue weighted by Gasteiger charge is 2.33. The zero-order chi connectivity index (χ0) is 12.3. The van der Waals surface area contributed by atoms with Gasteiger partial charge >= 0.3 is 0 Å². The predicted octanol–water partition coefficient (Wildman–Crippen LogP) is -0.145. The lowest BCUT2D eigenvalue weighted by Gasteiger charge is -2.37.